The number of aliphatic imine (C=N–C) groups is 1. The SMILES string of the molecule is CC.CN=C(NOCCCC(=O)OC(c1ccccc1C)C(F)(F)F)/C1=C/C=C(/F)C/C=C\C1. The molecule has 1 aliphatic carbocycles. The molecule has 0 saturated heterocycles. The predicted octanol–water partition coefficient (Wildman–Crippen LogP) is 6.63. The third-order valence-corrected chi connectivity index (χ3v) is 4.62. The van der Waals surface area contributed by atoms with Gasteiger partial charge in [0.05, 0.1) is 6.61 Å². The number of halogens is 4. The Hall–Kier alpha value is -2.94. The summed E-state index contributed by atoms with van der Waals surface area (Å²) >= 11 is 0. The maximum Gasteiger partial charge on any atom is 0.429 e. The largest absolute Gasteiger partial charge is 0.448 e. The first-order valence-electron chi connectivity index (χ1n) is 11.1. The first-order chi connectivity index (χ1) is 16.2. The number of esters is 1. The molecule has 1 aromatic carbocycles. The van der Waals surface area contributed by atoms with Gasteiger partial charge < -0.3 is 4.74 Å². The van der Waals surface area contributed by atoms with Crippen LogP contribution in [-0.2, 0) is 14.4 Å². The van der Waals surface area contributed by atoms with Crippen LogP contribution in [0.2, 0.25) is 0 Å². The van der Waals surface area contributed by atoms with Gasteiger partial charge in [0.15, 0.2) is 0 Å². The fraction of sp³-hybridized carbons (Fsp3) is 0.440. The number of amidine groups is 1. The second kappa shape index (κ2) is 15.1. The molecule has 0 bridgehead atoms. The first-order valence-corrected chi connectivity index (χ1v) is 11.1. The molecule has 0 fully saturated rings. The maximum atomic E-state index is 13.4. The van der Waals surface area contributed by atoms with Gasteiger partial charge in [0, 0.05) is 31.0 Å². The fourth-order valence-corrected chi connectivity index (χ4v) is 2.95. The quantitative estimate of drug-likeness (QED) is 0.0856. The summed E-state index contributed by atoms with van der Waals surface area (Å²) in [4.78, 5) is 21.3. The van der Waals surface area contributed by atoms with E-state index in [0.717, 1.165) is 0 Å². The molecule has 0 radical (unpaired) electrons. The van der Waals surface area contributed by atoms with Crippen molar-refractivity contribution in [3.63, 3.8) is 0 Å². The Labute approximate surface area is 198 Å². The van der Waals surface area contributed by atoms with Crippen LogP contribution in [-0.4, -0.2) is 31.6 Å². The molecule has 34 heavy (non-hydrogen) atoms. The number of rotatable bonds is 8. The van der Waals surface area contributed by atoms with E-state index in [2.05, 4.69) is 10.5 Å². The normalized spacial score (nSPS) is 19.1. The smallest absolute Gasteiger partial charge is 0.429 e. The summed E-state index contributed by atoms with van der Waals surface area (Å²) in [5, 5.41) is 0. The molecule has 1 aliphatic rings. The van der Waals surface area contributed by atoms with Crippen LogP contribution in [0.1, 0.15) is 56.8 Å². The summed E-state index contributed by atoms with van der Waals surface area (Å²) in [5.41, 5.74) is 3.63. The number of aryl methyl sites for hydroxylation is 1. The molecular formula is C25H32F4N2O3. The van der Waals surface area contributed by atoms with Gasteiger partial charge in [-0.1, -0.05) is 56.3 Å². The molecule has 0 spiro atoms. The van der Waals surface area contributed by atoms with Gasteiger partial charge in [0.2, 0.25) is 6.10 Å². The molecule has 1 atom stereocenters. The van der Waals surface area contributed by atoms with E-state index in [4.69, 9.17) is 9.57 Å². The molecule has 1 unspecified atom stereocenters. The zero-order valence-electron chi connectivity index (χ0n) is 19.9. The summed E-state index contributed by atoms with van der Waals surface area (Å²) in [6, 6.07) is 5.90. The van der Waals surface area contributed by atoms with E-state index < -0.39 is 18.2 Å². The van der Waals surface area contributed by atoms with E-state index in [0.29, 0.717) is 23.4 Å². The lowest BCUT2D eigenvalue weighted by molar-refractivity contribution is -0.224. The molecule has 0 saturated carbocycles. The molecule has 2 rings (SSSR count). The van der Waals surface area contributed by atoms with E-state index in [-0.39, 0.29) is 37.3 Å². The van der Waals surface area contributed by atoms with Crippen LogP contribution in [0.5, 0.6) is 0 Å². The van der Waals surface area contributed by atoms with Gasteiger partial charge in [-0.15, -0.1) is 0 Å². The van der Waals surface area contributed by atoms with Crippen molar-refractivity contribution in [1.82, 2.24) is 5.48 Å². The zero-order valence-corrected chi connectivity index (χ0v) is 19.9. The highest BCUT2D eigenvalue weighted by Gasteiger charge is 2.44. The number of nitrogens with zero attached hydrogens (tertiary/aromatic N) is 1. The summed E-state index contributed by atoms with van der Waals surface area (Å²) < 4.78 is 58.4. The average Bonchev–Trinajstić information content (AvgIpc) is 2.79. The Bertz CT molecular complexity index is 906. The Morgan fingerprint density at radius 2 is 1.82 bits per heavy atom. The van der Waals surface area contributed by atoms with Crippen molar-refractivity contribution in [1.29, 1.82) is 0 Å². The van der Waals surface area contributed by atoms with Crippen molar-refractivity contribution < 1.29 is 31.9 Å². The molecule has 1 aromatic rings. The lowest BCUT2D eigenvalue weighted by atomic mass is 10.0. The standard InChI is InChI=1S/C23H26F4N2O3.C2H6/c1-16-8-3-6-11-19(16)21(23(25,26)27)32-20(30)12-7-15-31-29-22(28-2)17-9-4-5-10-18(24)14-13-17;1-2/h3-6,8,11,13-14,21H,7,9-10,12,15H2,1-2H3,(H,28,29);1-2H3/b5-4-,17-13+,18-14+;. The summed E-state index contributed by atoms with van der Waals surface area (Å²) in [5.74, 6) is -0.868. The Morgan fingerprint density at radius 3 is 2.47 bits per heavy atom. The number of allylic oxidation sites excluding steroid dienone is 5. The minimum atomic E-state index is -4.72. The highest BCUT2D eigenvalue weighted by molar-refractivity contribution is 5.98. The number of alkyl halides is 3. The number of hydrogen-bond acceptors (Lipinski definition) is 4. The molecule has 0 amide bonds. The highest BCUT2D eigenvalue weighted by atomic mass is 19.4. The van der Waals surface area contributed by atoms with E-state index in [9.17, 15) is 22.4 Å². The van der Waals surface area contributed by atoms with E-state index in [1.165, 1.54) is 38.2 Å². The van der Waals surface area contributed by atoms with Crippen LogP contribution < -0.4 is 5.48 Å². The minimum absolute atomic E-state index is 0.0302. The summed E-state index contributed by atoms with van der Waals surface area (Å²) in [7, 11) is 1.54. The second-order valence-corrected chi connectivity index (χ2v) is 7.08. The van der Waals surface area contributed by atoms with Crippen LogP contribution in [0, 0.1) is 6.92 Å². The number of carbonyl (C=O) groups excluding carboxylic acids is 1. The molecule has 1 N–H and O–H groups in total. The van der Waals surface area contributed by atoms with Crippen molar-refractivity contribution in [2.75, 3.05) is 13.7 Å². The average molecular weight is 485 g/mol. The van der Waals surface area contributed by atoms with Crippen molar-refractivity contribution in [2.45, 2.75) is 58.7 Å². The van der Waals surface area contributed by atoms with Gasteiger partial charge in [-0.25, -0.2) is 9.87 Å². The molecule has 0 heterocycles. The maximum absolute atomic E-state index is 13.4. The van der Waals surface area contributed by atoms with Crippen molar-refractivity contribution in [2.24, 2.45) is 4.99 Å². The lowest BCUT2D eigenvalue weighted by Crippen LogP contribution is -2.28. The van der Waals surface area contributed by atoms with Gasteiger partial charge in [-0.05, 0) is 31.4 Å². The fourth-order valence-electron chi connectivity index (χ4n) is 2.95. The van der Waals surface area contributed by atoms with Crippen LogP contribution in [0.15, 0.2) is 65.0 Å². The van der Waals surface area contributed by atoms with Gasteiger partial charge in [-0.3, -0.25) is 14.6 Å². The summed E-state index contributed by atoms with van der Waals surface area (Å²) in [6.45, 7) is 5.56. The van der Waals surface area contributed by atoms with Gasteiger partial charge >= 0.3 is 12.1 Å². The number of carbonyl (C=O) groups is 1. The zero-order chi connectivity index (χ0) is 25.6. The molecular weight excluding hydrogens is 452 g/mol. The third-order valence-electron chi connectivity index (χ3n) is 4.62. The van der Waals surface area contributed by atoms with Crippen molar-refractivity contribution in [3.05, 3.63) is 71.1 Å². The number of hydrogen-bond donors (Lipinski definition) is 1. The number of benzene rings is 1. The van der Waals surface area contributed by atoms with Gasteiger partial charge in [0.1, 0.15) is 11.7 Å². The molecule has 9 heteroatoms. The monoisotopic (exact) mass is 484 g/mol. The van der Waals surface area contributed by atoms with Crippen LogP contribution >= 0.6 is 0 Å². The Morgan fingerprint density at radius 1 is 1.15 bits per heavy atom. The second-order valence-electron chi connectivity index (χ2n) is 7.08. The van der Waals surface area contributed by atoms with Gasteiger partial charge in [0.25, 0.3) is 0 Å². The Balaban J connectivity index is 0.00000281. The predicted molar refractivity (Wildman–Crippen MR) is 125 cm³/mol. The highest BCUT2D eigenvalue weighted by Crippen LogP contribution is 2.37. The topological polar surface area (TPSA) is 59.9 Å². The van der Waals surface area contributed by atoms with Crippen molar-refractivity contribution >= 4 is 11.8 Å². The van der Waals surface area contributed by atoms with Crippen LogP contribution in [0.3, 0.4) is 0 Å². The van der Waals surface area contributed by atoms with E-state index in [1.54, 1.807) is 18.2 Å². The number of ether oxygens (including phenoxy) is 1. The number of nitrogens with one attached hydrogen (secondary N) is 1. The molecule has 0 aromatic heterocycles. The van der Waals surface area contributed by atoms with Crippen LogP contribution in [0.25, 0.3) is 0 Å². The lowest BCUT2D eigenvalue weighted by Gasteiger charge is -2.22. The number of hydroxylamine groups is 1. The molecule has 0 aliphatic heterocycles. The third kappa shape index (κ3) is 9.91. The van der Waals surface area contributed by atoms with Crippen molar-refractivity contribution in [3.8, 4) is 0 Å². The van der Waals surface area contributed by atoms with E-state index >= 15 is 0 Å². The van der Waals surface area contributed by atoms with Gasteiger partial charge in [-0.2, -0.15) is 13.2 Å². The minimum Gasteiger partial charge on any atom is -0.448 e. The first kappa shape index (κ1) is 29.1. The Kier molecular flexibility index (Phi) is 12.9. The molecule has 5 nitrogen and oxygen atoms in total. The molecule has 188 valence electrons. The van der Waals surface area contributed by atoms with E-state index in [1.807, 2.05) is 19.9 Å². The van der Waals surface area contributed by atoms with Crippen LogP contribution in [0.4, 0.5) is 17.6 Å². The summed E-state index contributed by atoms with van der Waals surface area (Å²) in [6.07, 6.45) is 0.0777.